The van der Waals surface area contributed by atoms with Crippen molar-refractivity contribution in [2.75, 3.05) is 47.4 Å². The molecule has 1 aliphatic rings. The van der Waals surface area contributed by atoms with Crippen LogP contribution >= 0.6 is 0 Å². The van der Waals surface area contributed by atoms with Crippen LogP contribution in [-0.2, 0) is 6.42 Å². The Labute approximate surface area is 163 Å². The molecule has 152 valence electrons. The summed E-state index contributed by atoms with van der Waals surface area (Å²) in [4.78, 5) is 16.7. The lowest BCUT2D eigenvalue weighted by Crippen LogP contribution is -2.51. The normalized spacial score (nSPS) is 17.1. The minimum absolute atomic E-state index is 0.0847. The van der Waals surface area contributed by atoms with Crippen molar-refractivity contribution in [2.45, 2.75) is 45.1 Å². The van der Waals surface area contributed by atoms with Crippen molar-refractivity contribution >= 4 is 6.03 Å². The Kier molecular flexibility index (Phi) is 8.72. The minimum atomic E-state index is 0.0847. The molecule has 1 aromatic carbocycles. The van der Waals surface area contributed by atoms with Crippen molar-refractivity contribution in [2.24, 2.45) is 0 Å². The third kappa shape index (κ3) is 6.31. The molecule has 1 atom stereocenters. The Morgan fingerprint density at radius 2 is 2.07 bits per heavy atom. The highest BCUT2D eigenvalue weighted by atomic mass is 16.5. The van der Waals surface area contributed by atoms with Gasteiger partial charge in [-0.3, -0.25) is 0 Å². The van der Waals surface area contributed by atoms with Crippen molar-refractivity contribution in [3.05, 3.63) is 23.8 Å². The van der Waals surface area contributed by atoms with Crippen LogP contribution in [0.15, 0.2) is 18.2 Å². The van der Waals surface area contributed by atoms with Crippen LogP contribution in [0.2, 0.25) is 0 Å². The molecule has 0 aliphatic carbocycles. The molecule has 0 aromatic heterocycles. The Morgan fingerprint density at radius 3 is 2.78 bits per heavy atom. The number of ether oxygens (including phenoxy) is 2. The van der Waals surface area contributed by atoms with E-state index in [0.717, 1.165) is 69.8 Å². The number of unbranched alkanes of at least 4 members (excludes halogenated alkanes) is 1. The van der Waals surface area contributed by atoms with Crippen LogP contribution in [0.5, 0.6) is 11.5 Å². The number of methoxy groups -OCH3 is 2. The van der Waals surface area contributed by atoms with Gasteiger partial charge in [0.05, 0.1) is 14.2 Å². The lowest BCUT2D eigenvalue weighted by Gasteiger charge is -2.37. The van der Waals surface area contributed by atoms with E-state index in [4.69, 9.17) is 9.47 Å². The number of amides is 2. The molecule has 6 nitrogen and oxygen atoms in total. The van der Waals surface area contributed by atoms with Gasteiger partial charge in [0, 0.05) is 32.2 Å². The first-order valence-corrected chi connectivity index (χ1v) is 10.0. The van der Waals surface area contributed by atoms with E-state index in [1.165, 1.54) is 5.56 Å². The second-order valence-electron chi connectivity index (χ2n) is 7.25. The SMILES string of the molecule is CCCCNC(=O)N1CCC[C@@H](N(C)CCc2ccc(OC)c(OC)c2)C1. The first kappa shape index (κ1) is 21.4. The maximum absolute atomic E-state index is 12.3. The van der Waals surface area contributed by atoms with Gasteiger partial charge in [-0.25, -0.2) is 4.79 Å². The average molecular weight is 378 g/mol. The number of nitrogens with zero attached hydrogens (tertiary/aromatic N) is 2. The molecule has 0 radical (unpaired) electrons. The molecular weight excluding hydrogens is 342 g/mol. The summed E-state index contributed by atoms with van der Waals surface area (Å²) in [6, 6.07) is 6.58. The van der Waals surface area contributed by atoms with E-state index in [0.29, 0.717) is 6.04 Å². The van der Waals surface area contributed by atoms with Crippen LogP contribution in [0.3, 0.4) is 0 Å². The van der Waals surface area contributed by atoms with Crippen molar-refractivity contribution in [3.8, 4) is 11.5 Å². The summed E-state index contributed by atoms with van der Waals surface area (Å²) in [7, 11) is 5.47. The van der Waals surface area contributed by atoms with Crippen LogP contribution < -0.4 is 14.8 Å². The van der Waals surface area contributed by atoms with Crippen LogP contribution in [0.25, 0.3) is 0 Å². The Hall–Kier alpha value is -1.95. The van der Waals surface area contributed by atoms with Crippen LogP contribution in [0.4, 0.5) is 4.79 Å². The van der Waals surface area contributed by atoms with Gasteiger partial charge in [0.15, 0.2) is 11.5 Å². The van der Waals surface area contributed by atoms with Crippen LogP contribution in [0, 0.1) is 0 Å². The first-order chi connectivity index (χ1) is 13.1. The van der Waals surface area contributed by atoms with Gasteiger partial charge in [-0.1, -0.05) is 19.4 Å². The van der Waals surface area contributed by atoms with Crippen molar-refractivity contribution in [1.82, 2.24) is 15.1 Å². The zero-order valence-electron chi connectivity index (χ0n) is 17.3. The van der Waals surface area contributed by atoms with Gasteiger partial charge in [0.25, 0.3) is 0 Å². The highest BCUT2D eigenvalue weighted by Gasteiger charge is 2.25. The Morgan fingerprint density at radius 1 is 1.30 bits per heavy atom. The molecule has 1 N–H and O–H groups in total. The molecule has 0 bridgehead atoms. The summed E-state index contributed by atoms with van der Waals surface area (Å²) >= 11 is 0. The molecule has 1 aromatic rings. The second-order valence-corrected chi connectivity index (χ2v) is 7.25. The number of hydrogen-bond donors (Lipinski definition) is 1. The lowest BCUT2D eigenvalue weighted by molar-refractivity contribution is 0.127. The molecule has 1 saturated heterocycles. The van der Waals surface area contributed by atoms with Gasteiger partial charge in [-0.2, -0.15) is 0 Å². The quantitative estimate of drug-likeness (QED) is 0.672. The number of benzene rings is 1. The standard InChI is InChI=1S/C21H35N3O3/c1-5-6-12-22-21(25)24-13-7-8-18(16-24)23(2)14-11-17-9-10-19(26-3)20(15-17)27-4/h9-10,15,18H,5-8,11-14,16H2,1-4H3,(H,22,25)/t18-/m1/s1. The molecule has 6 heteroatoms. The number of nitrogens with one attached hydrogen (secondary N) is 1. The maximum atomic E-state index is 12.3. The number of carbonyl (C=O) groups is 1. The summed E-state index contributed by atoms with van der Waals surface area (Å²) in [6.45, 7) is 5.52. The highest BCUT2D eigenvalue weighted by molar-refractivity contribution is 5.74. The number of carbonyl (C=O) groups excluding carboxylic acids is 1. The van der Waals surface area contributed by atoms with Gasteiger partial charge >= 0.3 is 6.03 Å². The largest absolute Gasteiger partial charge is 0.493 e. The molecule has 0 unspecified atom stereocenters. The predicted molar refractivity (Wildman–Crippen MR) is 109 cm³/mol. The average Bonchev–Trinajstić information content (AvgIpc) is 2.71. The molecule has 1 fully saturated rings. The zero-order valence-corrected chi connectivity index (χ0v) is 17.3. The van der Waals surface area contributed by atoms with Gasteiger partial charge in [0.1, 0.15) is 0 Å². The summed E-state index contributed by atoms with van der Waals surface area (Å²) in [5.41, 5.74) is 1.23. The summed E-state index contributed by atoms with van der Waals surface area (Å²) in [6.07, 6.45) is 5.28. The van der Waals surface area contributed by atoms with Crippen molar-refractivity contribution in [1.29, 1.82) is 0 Å². The number of hydrogen-bond acceptors (Lipinski definition) is 4. The smallest absolute Gasteiger partial charge is 0.317 e. The fourth-order valence-electron chi connectivity index (χ4n) is 3.51. The van der Waals surface area contributed by atoms with E-state index in [-0.39, 0.29) is 6.03 Å². The Balaban J connectivity index is 1.84. The van der Waals surface area contributed by atoms with E-state index in [1.54, 1.807) is 14.2 Å². The van der Waals surface area contributed by atoms with Crippen molar-refractivity contribution in [3.63, 3.8) is 0 Å². The number of urea groups is 1. The number of likely N-dealkylation sites (N-methyl/N-ethyl adjacent to an activating group) is 1. The van der Waals surface area contributed by atoms with E-state index in [9.17, 15) is 4.79 Å². The third-order valence-corrected chi connectivity index (χ3v) is 5.31. The van der Waals surface area contributed by atoms with Crippen LogP contribution in [-0.4, -0.2) is 69.3 Å². The summed E-state index contributed by atoms with van der Waals surface area (Å²) in [5, 5.41) is 3.04. The van der Waals surface area contributed by atoms with Crippen LogP contribution in [0.1, 0.15) is 38.2 Å². The number of likely N-dealkylation sites (tertiary alicyclic amines) is 1. The third-order valence-electron chi connectivity index (χ3n) is 5.31. The molecular formula is C21H35N3O3. The second kappa shape index (κ2) is 11.0. The van der Waals surface area contributed by atoms with E-state index >= 15 is 0 Å². The summed E-state index contributed by atoms with van der Waals surface area (Å²) in [5.74, 6) is 1.52. The first-order valence-electron chi connectivity index (χ1n) is 10.0. The zero-order chi connectivity index (χ0) is 19.6. The van der Waals surface area contributed by atoms with E-state index in [1.807, 2.05) is 17.0 Å². The van der Waals surface area contributed by atoms with Gasteiger partial charge in [0.2, 0.25) is 0 Å². The van der Waals surface area contributed by atoms with Gasteiger partial charge in [-0.05, 0) is 50.4 Å². The van der Waals surface area contributed by atoms with Gasteiger partial charge in [-0.15, -0.1) is 0 Å². The van der Waals surface area contributed by atoms with E-state index in [2.05, 4.69) is 30.3 Å². The van der Waals surface area contributed by atoms with E-state index < -0.39 is 0 Å². The molecule has 2 amide bonds. The van der Waals surface area contributed by atoms with Gasteiger partial charge < -0.3 is 24.6 Å². The molecule has 27 heavy (non-hydrogen) atoms. The molecule has 1 aliphatic heterocycles. The molecule has 2 rings (SSSR count). The molecule has 0 spiro atoms. The highest BCUT2D eigenvalue weighted by Crippen LogP contribution is 2.27. The fraction of sp³-hybridized carbons (Fsp3) is 0.667. The predicted octanol–water partition coefficient (Wildman–Crippen LogP) is 3.15. The number of rotatable bonds is 9. The Bertz CT molecular complexity index is 594. The molecule has 0 saturated carbocycles. The fourth-order valence-corrected chi connectivity index (χ4v) is 3.51. The summed E-state index contributed by atoms with van der Waals surface area (Å²) < 4.78 is 10.7. The van der Waals surface area contributed by atoms with Crippen molar-refractivity contribution < 1.29 is 14.3 Å². The minimum Gasteiger partial charge on any atom is -0.493 e. The monoisotopic (exact) mass is 377 g/mol. The maximum Gasteiger partial charge on any atom is 0.317 e. The molecule has 1 heterocycles. The topological polar surface area (TPSA) is 54.0 Å². The number of piperidine rings is 1. The lowest BCUT2D eigenvalue weighted by atomic mass is 10.0.